The number of nitrogens with one attached hydrogen (secondary N) is 1. The average Bonchev–Trinajstić information content (AvgIpc) is 2.64. The minimum absolute atomic E-state index is 0.0104. The van der Waals surface area contributed by atoms with E-state index in [2.05, 4.69) is 5.32 Å². The highest BCUT2D eigenvalue weighted by Crippen LogP contribution is 2.23. The SMILES string of the molecule is COC1CCC(NC(=O)CC(C)(C)C(=O)O)C1. The first kappa shape index (κ1) is 14.0. The Morgan fingerprint density at radius 1 is 1.41 bits per heavy atom. The number of hydrogen-bond acceptors (Lipinski definition) is 3. The van der Waals surface area contributed by atoms with Crippen molar-refractivity contribution in [3.8, 4) is 0 Å². The third-order valence-electron chi connectivity index (χ3n) is 3.26. The fraction of sp³-hybridized carbons (Fsp3) is 0.833. The van der Waals surface area contributed by atoms with E-state index in [9.17, 15) is 9.59 Å². The maximum Gasteiger partial charge on any atom is 0.309 e. The Morgan fingerprint density at radius 2 is 2.06 bits per heavy atom. The van der Waals surface area contributed by atoms with Crippen molar-refractivity contribution in [2.75, 3.05) is 7.11 Å². The third-order valence-corrected chi connectivity index (χ3v) is 3.26. The lowest BCUT2D eigenvalue weighted by Gasteiger charge is -2.20. The first-order valence-electron chi connectivity index (χ1n) is 5.90. The fourth-order valence-electron chi connectivity index (χ4n) is 2.04. The van der Waals surface area contributed by atoms with Gasteiger partial charge in [-0.3, -0.25) is 9.59 Å². The van der Waals surface area contributed by atoms with Crippen molar-refractivity contribution in [3.05, 3.63) is 0 Å². The molecule has 1 aliphatic carbocycles. The van der Waals surface area contributed by atoms with Gasteiger partial charge in [0.15, 0.2) is 0 Å². The van der Waals surface area contributed by atoms with E-state index in [1.165, 1.54) is 0 Å². The lowest BCUT2D eigenvalue weighted by Crippen LogP contribution is -2.38. The summed E-state index contributed by atoms with van der Waals surface area (Å²) < 4.78 is 5.22. The van der Waals surface area contributed by atoms with Crippen LogP contribution in [-0.2, 0) is 14.3 Å². The van der Waals surface area contributed by atoms with Crippen LogP contribution >= 0.6 is 0 Å². The van der Waals surface area contributed by atoms with Gasteiger partial charge in [0, 0.05) is 19.6 Å². The van der Waals surface area contributed by atoms with Crippen molar-refractivity contribution >= 4 is 11.9 Å². The second-order valence-electron chi connectivity index (χ2n) is 5.30. The monoisotopic (exact) mass is 243 g/mol. The maximum absolute atomic E-state index is 11.7. The fourth-order valence-corrected chi connectivity index (χ4v) is 2.04. The average molecular weight is 243 g/mol. The molecule has 0 saturated heterocycles. The van der Waals surface area contributed by atoms with Crippen molar-refractivity contribution in [1.29, 1.82) is 0 Å². The lowest BCUT2D eigenvalue weighted by molar-refractivity contribution is -0.149. The normalized spacial score (nSPS) is 24.6. The van der Waals surface area contributed by atoms with E-state index in [0.29, 0.717) is 0 Å². The number of methoxy groups -OCH3 is 1. The molecule has 0 aromatic heterocycles. The van der Waals surface area contributed by atoms with Crippen LogP contribution in [0.3, 0.4) is 0 Å². The zero-order valence-electron chi connectivity index (χ0n) is 10.7. The zero-order valence-corrected chi connectivity index (χ0v) is 10.7. The number of carboxylic acid groups (broad SMARTS) is 1. The van der Waals surface area contributed by atoms with Gasteiger partial charge < -0.3 is 15.2 Å². The van der Waals surface area contributed by atoms with Crippen molar-refractivity contribution in [3.63, 3.8) is 0 Å². The number of aliphatic carboxylic acids is 1. The van der Waals surface area contributed by atoms with Crippen LogP contribution in [0.4, 0.5) is 0 Å². The molecule has 0 heterocycles. The molecule has 1 saturated carbocycles. The Labute approximate surface area is 102 Å². The molecule has 17 heavy (non-hydrogen) atoms. The van der Waals surface area contributed by atoms with Gasteiger partial charge in [0.1, 0.15) is 0 Å². The van der Waals surface area contributed by atoms with E-state index in [1.807, 2.05) is 0 Å². The zero-order chi connectivity index (χ0) is 13.1. The van der Waals surface area contributed by atoms with Gasteiger partial charge in [-0.15, -0.1) is 0 Å². The van der Waals surface area contributed by atoms with E-state index >= 15 is 0 Å². The summed E-state index contributed by atoms with van der Waals surface area (Å²) in [5.41, 5.74) is -1.01. The minimum atomic E-state index is -1.01. The summed E-state index contributed by atoms with van der Waals surface area (Å²) in [6.45, 7) is 3.11. The van der Waals surface area contributed by atoms with E-state index in [-0.39, 0.29) is 24.5 Å². The van der Waals surface area contributed by atoms with Crippen LogP contribution in [-0.4, -0.2) is 36.2 Å². The quantitative estimate of drug-likeness (QED) is 0.760. The van der Waals surface area contributed by atoms with Crippen LogP contribution < -0.4 is 5.32 Å². The number of hydrogen-bond donors (Lipinski definition) is 2. The summed E-state index contributed by atoms with van der Waals surface area (Å²) in [5, 5.41) is 11.8. The summed E-state index contributed by atoms with van der Waals surface area (Å²) in [7, 11) is 1.67. The van der Waals surface area contributed by atoms with Crippen molar-refractivity contribution in [2.45, 2.75) is 51.7 Å². The molecule has 0 bridgehead atoms. The van der Waals surface area contributed by atoms with Crippen LogP contribution in [0.1, 0.15) is 39.5 Å². The molecule has 0 spiro atoms. The summed E-state index contributed by atoms with van der Waals surface area (Å²) >= 11 is 0. The summed E-state index contributed by atoms with van der Waals surface area (Å²) in [6, 6.07) is 0.122. The Bertz CT molecular complexity index is 301. The molecule has 0 radical (unpaired) electrons. The van der Waals surface area contributed by atoms with Crippen molar-refractivity contribution < 1.29 is 19.4 Å². The molecule has 1 amide bonds. The molecule has 1 fully saturated rings. The number of carboxylic acids is 1. The molecule has 0 aliphatic heterocycles. The molecule has 98 valence electrons. The second-order valence-corrected chi connectivity index (χ2v) is 5.30. The predicted molar refractivity (Wildman–Crippen MR) is 62.6 cm³/mol. The Hall–Kier alpha value is -1.10. The van der Waals surface area contributed by atoms with Crippen molar-refractivity contribution in [1.82, 2.24) is 5.32 Å². The van der Waals surface area contributed by atoms with E-state index in [4.69, 9.17) is 9.84 Å². The van der Waals surface area contributed by atoms with Gasteiger partial charge in [-0.05, 0) is 33.1 Å². The number of amides is 1. The smallest absolute Gasteiger partial charge is 0.309 e. The highest BCUT2D eigenvalue weighted by Gasteiger charge is 2.32. The molecule has 0 aromatic carbocycles. The van der Waals surface area contributed by atoms with E-state index in [0.717, 1.165) is 19.3 Å². The molecule has 2 atom stereocenters. The van der Waals surface area contributed by atoms with Gasteiger partial charge in [-0.2, -0.15) is 0 Å². The summed E-state index contributed by atoms with van der Waals surface area (Å²) in [6.07, 6.45) is 2.89. The van der Waals surface area contributed by atoms with Gasteiger partial charge in [0.2, 0.25) is 5.91 Å². The number of rotatable bonds is 5. The van der Waals surface area contributed by atoms with E-state index in [1.54, 1.807) is 21.0 Å². The standard InChI is InChI=1S/C12H21NO4/c1-12(2,11(15)16)7-10(14)13-8-4-5-9(6-8)17-3/h8-9H,4-7H2,1-3H3,(H,13,14)(H,15,16). The topological polar surface area (TPSA) is 75.6 Å². The second kappa shape index (κ2) is 5.49. The molecule has 0 aromatic rings. The Balaban J connectivity index is 2.38. The first-order chi connectivity index (χ1) is 7.85. The number of carbonyl (C=O) groups excluding carboxylic acids is 1. The molecule has 2 N–H and O–H groups in total. The van der Waals surface area contributed by atoms with Gasteiger partial charge in [-0.1, -0.05) is 0 Å². The van der Waals surface area contributed by atoms with Gasteiger partial charge in [0.25, 0.3) is 0 Å². The van der Waals surface area contributed by atoms with Gasteiger partial charge in [0.05, 0.1) is 11.5 Å². The highest BCUT2D eigenvalue weighted by atomic mass is 16.5. The lowest BCUT2D eigenvalue weighted by atomic mass is 9.89. The van der Waals surface area contributed by atoms with Crippen LogP contribution in [0, 0.1) is 5.41 Å². The maximum atomic E-state index is 11.7. The molecule has 2 unspecified atom stereocenters. The van der Waals surface area contributed by atoms with Crippen LogP contribution in [0.5, 0.6) is 0 Å². The molecule has 5 heteroatoms. The Morgan fingerprint density at radius 3 is 2.53 bits per heavy atom. The van der Waals surface area contributed by atoms with Crippen LogP contribution in [0.2, 0.25) is 0 Å². The molecule has 1 aliphatic rings. The predicted octanol–water partition coefficient (Wildman–Crippen LogP) is 1.17. The van der Waals surface area contributed by atoms with Crippen LogP contribution in [0.15, 0.2) is 0 Å². The highest BCUT2D eigenvalue weighted by molar-refractivity contribution is 5.84. The van der Waals surface area contributed by atoms with Gasteiger partial charge in [-0.25, -0.2) is 0 Å². The third kappa shape index (κ3) is 4.00. The van der Waals surface area contributed by atoms with Crippen molar-refractivity contribution in [2.24, 2.45) is 5.41 Å². The molecule has 5 nitrogen and oxygen atoms in total. The molecule has 1 rings (SSSR count). The Kier molecular flexibility index (Phi) is 4.51. The number of carbonyl (C=O) groups is 2. The molecular weight excluding hydrogens is 222 g/mol. The summed E-state index contributed by atoms with van der Waals surface area (Å²) in [5.74, 6) is -1.15. The minimum Gasteiger partial charge on any atom is -0.481 e. The molecular formula is C12H21NO4. The summed E-state index contributed by atoms with van der Waals surface area (Å²) in [4.78, 5) is 22.6. The van der Waals surface area contributed by atoms with Crippen LogP contribution in [0.25, 0.3) is 0 Å². The van der Waals surface area contributed by atoms with E-state index < -0.39 is 11.4 Å². The first-order valence-corrected chi connectivity index (χ1v) is 5.90. The van der Waals surface area contributed by atoms with Gasteiger partial charge >= 0.3 is 5.97 Å². The number of ether oxygens (including phenoxy) is 1. The largest absolute Gasteiger partial charge is 0.481 e.